The lowest BCUT2D eigenvalue weighted by atomic mass is 9.73. The number of rotatable bonds is 6. The van der Waals surface area contributed by atoms with Crippen molar-refractivity contribution in [1.29, 1.82) is 0 Å². The zero-order valence-electron chi connectivity index (χ0n) is 17.6. The topological polar surface area (TPSA) is 50.2 Å². The van der Waals surface area contributed by atoms with Crippen LogP contribution in [0, 0.1) is 5.92 Å². The molecule has 1 N–H and O–H groups in total. The van der Waals surface area contributed by atoms with E-state index in [1.54, 1.807) is 17.4 Å². The molecule has 0 saturated heterocycles. The number of carboxylic acids is 1. The first-order valence-electron chi connectivity index (χ1n) is 10.8. The summed E-state index contributed by atoms with van der Waals surface area (Å²) in [7, 11) is 0. The van der Waals surface area contributed by atoms with Crippen LogP contribution in [0.5, 0.6) is 0 Å². The summed E-state index contributed by atoms with van der Waals surface area (Å²) in [6.45, 7) is 0. The minimum Gasteiger partial charge on any atom is -0.478 e. The van der Waals surface area contributed by atoms with Crippen molar-refractivity contribution in [2.45, 2.75) is 19.3 Å². The van der Waals surface area contributed by atoms with Crippen molar-refractivity contribution in [2.75, 3.05) is 0 Å². The molecule has 4 heteroatoms. The molecule has 5 rings (SSSR count). The fraction of sp³-hybridized carbons (Fsp3) is 0.143. The molecule has 0 aliphatic heterocycles. The fourth-order valence-corrected chi connectivity index (χ4v) is 4.98. The molecular weight excluding hydrogens is 414 g/mol. The lowest BCUT2D eigenvalue weighted by molar-refractivity contribution is -0.131. The van der Waals surface area contributed by atoms with Crippen LogP contribution in [0.4, 0.5) is 0 Å². The smallest absolute Gasteiger partial charge is 0.328 e. The maximum absolute atomic E-state index is 10.9. The molecule has 4 aromatic rings. The summed E-state index contributed by atoms with van der Waals surface area (Å²) in [5.74, 6) is -0.410. The molecular formula is C28H23NO2S. The number of nitrogens with zero attached hydrogens (tertiary/aromatic N) is 1. The summed E-state index contributed by atoms with van der Waals surface area (Å²) in [4.78, 5) is 15.4. The zero-order chi connectivity index (χ0) is 21.9. The summed E-state index contributed by atoms with van der Waals surface area (Å²) in [5, 5.41) is 8.93. The number of aromatic nitrogens is 1. The number of benzene rings is 3. The monoisotopic (exact) mass is 437 g/mol. The Morgan fingerprint density at radius 2 is 1.69 bits per heavy atom. The van der Waals surface area contributed by atoms with Crippen LogP contribution in [0.1, 0.15) is 41.5 Å². The Morgan fingerprint density at radius 3 is 2.38 bits per heavy atom. The predicted octanol–water partition coefficient (Wildman–Crippen LogP) is 7.15. The summed E-state index contributed by atoms with van der Waals surface area (Å²) < 4.78 is 1.19. The van der Waals surface area contributed by atoms with Gasteiger partial charge >= 0.3 is 5.97 Å². The van der Waals surface area contributed by atoms with Crippen molar-refractivity contribution in [2.24, 2.45) is 5.92 Å². The quantitative estimate of drug-likeness (QED) is 0.257. The van der Waals surface area contributed by atoms with E-state index < -0.39 is 5.97 Å². The van der Waals surface area contributed by atoms with Crippen LogP contribution in [-0.4, -0.2) is 16.1 Å². The normalized spacial score (nSPS) is 15.0. The lowest BCUT2D eigenvalue weighted by Crippen LogP contribution is -2.15. The Kier molecular flexibility index (Phi) is 5.70. The van der Waals surface area contributed by atoms with Crippen LogP contribution in [0.3, 0.4) is 0 Å². The van der Waals surface area contributed by atoms with Gasteiger partial charge in [-0.3, -0.25) is 0 Å². The Balaban J connectivity index is 1.71. The van der Waals surface area contributed by atoms with E-state index in [0.717, 1.165) is 16.6 Å². The number of aliphatic carboxylic acids is 1. The van der Waals surface area contributed by atoms with Gasteiger partial charge in [0.1, 0.15) is 0 Å². The zero-order valence-corrected chi connectivity index (χ0v) is 18.4. The Bertz CT molecular complexity index is 1310. The first kappa shape index (κ1) is 20.4. The highest BCUT2D eigenvalue weighted by Gasteiger charge is 2.27. The minimum atomic E-state index is -0.942. The van der Waals surface area contributed by atoms with Crippen molar-refractivity contribution in [3.8, 4) is 0 Å². The highest BCUT2D eigenvalue weighted by Crippen LogP contribution is 2.45. The van der Waals surface area contributed by atoms with Gasteiger partial charge in [0.15, 0.2) is 0 Å². The summed E-state index contributed by atoms with van der Waals surface area (Å²) >= 11 is 1.66. The molecule has 3 nitrogen and oxygen atoms in total. The second-order valence-corrected chi connectivity index (χ2v) is 9.00. The van der Waals surface area contributed by atoms with E-state index in [4.69, 9.17) is 5.11 Å². The molecule has 1 fully saturated rings. The Labute approximate surface area is 191 Å². The largest absolute Gasteiger partial charge is 0.478 e. The van der Waals surface area contributed by atoms with Crippen LogP contribution >= 0.6 is 11.3 Å². The third-order valence-electron chi connectivity index (χ3n) is 6.10. The van der Waals surface area contributed by atoms with E-state index in [1.807, 2.05) is 17.6 Å². The molecule has 0 unspecified atom stereocenters. The van der Waals surface area contributed by atoms with Crippen molar-refractivity contribution in [3.63, 3.8) is 0 Å². The molecule has 0 amide bonds. The van der Waals surface area contributed by atoms with E-state index >= 15 is 0 Å². The second kappa shape index (κ2) is 8.93. The number of thiazole rings is 1. The molecule has 1 heterocycles. The second-order valence-electron chi connectivity index (χ2n) is 8.11. The van der Waals surface area contributed by atoms with Crippen LogP contribution in [0.15, 0.2) is 84.4 Å². The van der Waals surface area contributed by atoms with Gasteiger partial charge in [0.25, 0.3) is 0 Å². The van der Waals surface area contributed by atoms with Gasteiger partial charge in [0, 0.05) is 6.08 Å². The molecule has 1 aliphatic rings. The average Bonchev–Trinajstić information content (AvgIpc) is 3.25. The average molecular weight is 438 g/mol. The van der Waals surface area contributed by atoms with Gasteiger partial charge in [-0.2, -0.15) is 0 Å². The van der Waals surface area contributed by atoms with Crippen molar-refractivity contribution < 1.29 is 9.90 Å². The number of hydrogen-bond donors (Lipinski definition) is 1. The number of fused-ring (bicyclic) bond motifs is 1. The third-order valence-corrected chi connectivity index (χ3v) is 6.91. The number of carboxylic acid groups (broad SMARTS) is 1. The standard InChI is InChI=1S/C28H23NO2S/c30-26(31)16-11-19-9-12-22(13-10-19)28(23-14-15-25-24(17-23)29-18-32-25)27(21-7-4-8-21)20-5-2-1-3-6-20/h1-3,5-6,9-18,21H,4,7-8H2,(H,30,31)/b16-11+,28-27-. The first-order valence-corrected chi connectivity index (χ1v) is 11.7. The number of carbonyl (C=O) groups is 1. The minimum absolute atomic E-state index is 0.533. The Hall–Kier alpha value is -3.50. The molecule has 32 heavy (non-hydrogen) atoms. The highest BCUT2D eigenvalue weighted by atomic mass is 32.1. The molecule has 158 valence electrons. The van der Waals surface area contributed by atoms with E-state index in [1.165, 1.54) is 52.3 Å². The Morgan fingerprint density at radius 1 is 0.938 bits per heavy atom. The van der Waals surface area contributed by atoms with Gasteiger partial charge in [-0.1, -0.05) is 67.1 Å². The van der Waals surface area contributed by atoms with E-state index in [0.29, 0.717) is 5.92 Å². The molecule has 1 aliphatic carbocycles. The van der Waals surface area contributed by atoms with Gasteiger partial charge in [0.2, 0.25) is 0 Å². The molecule has 0 radical (unpaired) electrons. The third kappa shape index (κ3) is 4.14. The van der Waals surface area contributed by atoms with Crippen molar-refractivity contribution in [3.05, 3.63) is 107 Å². The van der Waals surface area contributed by atoms with Crippen molar-refractivity contribution >= 4 is 44.7 Å². The van der Waals surface area contributed by atoms with Crippen LogP contribution in [-0.2, 0) is 4.79 Å². The lowest BCUT2D eigenvalue weighted by Gasteiger charge is -2.31. The number of hydrogen-bond acceptors (Lipinski definition) is 3. The van der Waals surface area contributed by atoms with E-state index in [-0.39, 0.29) is 0 Å². The molecule has 1 saturated carbocycles. The summed E-state index contributed by atoms with van der Waals surface area (Å²) in [5.41, 5.74) is 9.99. The van der Waals surface area contributed by atoms with Crippen LogP contribution in [0.2, 0.25) is 0 Å². The van der Waals surface area contributed by atoms with Crippen molar-refractivity contribution in [1.82, 2.24) is 4.98 Å². The SMILES string of the molecule is O=C(O)/C=C/c1ccc(/C(=C(\c2ccccc2)C2CCC2)c2ccc3scnc3c2)cc1. The van der Waals surface area contributed by atoms with Gasteiger partial charge in [-0.25, -0.2) is 9.78 Å². The highest BCUT2D eigenvalue weighted by molar-refractivity contribution is 7.16. The van der Waals surface area contributed by atoms with Crippen LogP contribution < -0.4 is 0 Å². The number of allylic oxidation sites excluding steroid dienone is 1. The summed E-state index contributed by atoms with van der Waals surface area (Å²) in [6.07, 6.45) is 6.46. The molecule has 0 bridgehead atoms. The van der Waals surface area contributed by atoms with Gasteiger partial charge in [0.05, 0.1) is 15.7 Å². The summed E-state index contributed by atoms with van der Waals surface area (Å²) in [6, 6.07) is 25.4. The maximum Gasteiger partial charge on any atom is 0.328 e. The van der Waals surface area contributed by atoms with Crippen LogP contribution in [0.25, 0.3) is 27.4 Å². The molecule has 3 aromatic carbocycles. The van der Waals surface area contributed by atoms with Gasteiger partial charge in [-0.15, -0.1) is 11.3 Å². The first-order chi connectivity index (χ1) is 15.7. The maximum atomic E-state index is 10.9. The predicted molar refractivity (Wildman–Crippen MR) is 132 cm³/mol. The van der Waals surface area contributed by atoms with Gasteiger partial charge < -0.3 is 5.11 Å². The molecule has 1 aromatic heterocycles. The van der Waals surface area contributed by atoms with E-state index in [2.05, 4.69) is 65.6 Å². The van der Waals surface area contributed by atoms with E-state index in [9.17, 15) is 4.79 Å². The fourth-order valence-electron chi connectivity index (χ4n) is 4.32. The van der Waals surface area contributed by atoms with Gasteiger partial charge in [-0.05, 0) is 70.4 Å². The molecule has 0 atom stereocenters. The molecule has 0 spiro atoms.